The smallest absolute Gasteiger partial charge is 0.265 e. The van der Waals surface area contributed by atoms with E-state index in [0.717, 1.165) is 41.1 Å². The summed E-state index contributed by atoms with van der Waals surface area (Å²) in [6, 6.07) is 15.5. The fraction of sp³-hybridized carbons (Fsp3) is 0.412. The molecule has 0 aliphatic heterocycles. The summed E-state index contributed by atoms with van der Waals surface area (Å²) in [5.41, 5.74) is 1.85. The van der Waals surface area contributed by atoms with Crippen molar-refractivity contribution in [2.75, 3.05) is 32.2 Å². The number of amides is 2. The number of anilines is 1. The molecule has 3 aromatic rings. The highest BCUT2D eigenvalue weighted by Crippen LogP contribution is 2.37. The number of hydrogen-bond acceptors (Lipinski definition) is 7. The summed E-state index contributed by atoms with van der Waals surface area (Å²) in [4.78, 5) is 29.5. The van der Waals surface area contributed by atoms with E-state index in [1.54, 1.807) is 6.07 Å². The van der Waals surface area contributed by atoms with Crippen molar-refractivity contribution >= 4 is 39.1 Å². The van der Waals surface area contributed by atoms with Crippen LogP contribution in [0.3, 0.4) is 0 Å². The van der Waals surface area contributed by atoms with Crippen molar-refractivity contribution in [3.8, 4) is 17.2 Å². The average Bonchev–Trinajstić information content (AvgIpc) is 3.56. The Morgan fingerprint density at radius 2 is 1.59 bits per heavy atom. The molecule has 1 fully saturated rings. The molecule has 1 aliphatic carbocycles. The fourth-order valence-electron chi connectivity index (χ4n) is 5.73. The number of halogens is 1. The van der Waals surface area contributed by atoms with Gasteiger partial charge in [-0.2, -0.15) is 0 Å². The second-order valence-corrected chi connectivity index (χ2v) is 13.5. The van der Waals surface area contributed by atoms with Crippen molar-refractivity contribution in [2.24, 2.45) is 0 Å². The number of aryl methyl sites for hydroxylation is 1. The number of carbonyl (C=O) groups excluding carboxylic acids is 2. The van der Waals surface area contributed by atoms with Crippen LogP contribution in [0.5, 0.6) is 17.2 Å². The van der Waals surface area contributed by atoms with Crippen LogP contribution in [0.4, 0.5) is 5.69 Å². The fourth-order valence-corrected chi connectivity index (χ4v) is 7.33. The third kappa shape index (κ3) is 7.87. The zero-order valence-corrected chi connectivity index (χ0v) is 28.5. The monoisotopic (exact) mass is 671 g/mol. The molecule has 46 heavy (non-hydrogen) atoms. The van der Waals surface area contributed by atoms with Crippen LogP contribution in [0, 0.1) is 6.92 Å². The van der Waals surface area contributed by atoms with E-state index < -0.39 is 28.5 Å². The number of ether oxygens (including phenoxy) is 3. The van der Waals surface area contributed by atoms with Gasteiger partial charge in [-0.25, -0.2) is 8.42 Å². The molecule has 1 unspecified atom stereocenters. The summed E-state index contributed by atoms with van der Waals surface area (Å²) in [6.45, 7) is 3.25. The van der Waals surface area contributed by atoms with Gasteiger partial charge in [-0.3, -0.25) is 13.9 Å². The minimum Gasteiger partial charge on any atom is -0.495 e. The van der Waals surface area contributed by atoms with Gasteiger partial charge in [0.25, 0.3) is 10.0 Å². The van der Waals surface area contributed by atoms with Crippen LogP contribution in [0.15, 0.2) is 65.6 Å². The van der Waals surface area contributed by atoms with Crippen LogP contribution >= 0.6 is 11.6 Å². The van der Waals surface area contributed by atoms with Gasteiger partial charge in [0.2, 0.25) is 11.8 Å². The van der Waals surface area contributed by atoms with Crippen molar-refractivity contribution in [1.82, 2.24) is 10.2 Å². The Bertz CT molecular complexity index is 1640. The summed E-state index contributed by atoms with van der Waals surface area (Å²) < 4.78 is 46.0. The predicted octanol–water partition coefficient (Wildman–Crippen LogP) is 5.74. The van der Waals surface area contributed by atoms with E-state index in [9.17, 15) is 18.0 Å². The van der Waals surface area contributed by atoms with E-state index in [2.05, 4.69) is 5.32 Å². The predicted molar refractivity (Wildman–Crippen MR) is 178 cm³/mol. The Kier molecular flexibility index (Phi) is 11.8. The molecule has 0 heterocycles. The van der Waals surface area contributed by atoms with Crippen LogP contribution in [-0.2, 0) is 26.2 Å². The van der Waals surface area contributed by atoms with Gasteiger partial charge in [0, 0.05) is 23.7 Å². The Morgan fingerprint density at radius 1 is 0.935 bits per heavy atom. The first-order chi connectivity index (χ1) is 22.0. The van der Waals surface area contributed by atoms with E-state index in [0.29, 0.717) is 12.2 Å². The topological polar surface area (TPSA) is 114 Å². The van der Waals surface area contributed by atoms with Crippen LogP contribution in [0.1, 0.15) is 50.2 Å². The summed E-state index contributed by atoms with van der Waals surface area (Å²) in [6.07, 6.45) is 4.19. The molecular weight excluding hydrogens is 630 g/mol. The van der Waals surface area contributed by atoms with Gasteiger partial charge < -0.3 is 24.4 Å². The molecule has 0 radical (unpaired) electrons. The van der Waals surface area contributed by atoms with Crippen LogP contribution in [0.2, 0.25) is 5.02 Å². The van der Waals surface area contributed by atoms with Crippen molar-refractivity contribution in [3.05, 3.63) is 76.8 Å². The van der Waals surface area contributed by atoms with Gasteiger partial charge in [-0.15, -0.1) is 0 Å². The molecule has 10 nitrogen and oxygen atoms in total. The Hall–Kier alpha value is -3.96. The summed E-state index contributed by atoms with van der Waals surface area (Å²) >= 11 is 6.36. The molecule has 3 aromatic carbocycles. The van der Waals surface area contributed by atoms with Crippen LogP contribution in [0.25, 0.3) is 0 Å². The van der Waals surface area contributed by atoms with Crippen molar-refractivity contribution in [2.45, 2.75) is 69.5 Å². The minimum absolute atomic E-state index is 0.0506. The van der Waals surface area contributed by atoms with Crippen LogP contribution in [-0.4, -0.2) is 65.1 Å². The van der Waals surface area contributed by atoms with E-state index in [1.807, 2.05) is 38.1 Å². The number of carbonyl (C=O) groups is 2. The summed E-state index contributed by atoms with van der Waals surface area (Å²) in [7, 11) is -0.176. The van der Waals surface area contributed by atoms with Crippen molar-refractivity contribution in [3.63, 3.8) is 0 Å². The minimum atomic E-state index is -4.43. The maximum atomic E-state index is 14.5. The molecule has 0 spiro atoms. The Balaban J connectivity index is 1.81. The standard InChI is InChI=1S/C34H42ClN3O7S/c1-6-28(34(40)36-26-13-9-10-14-26)37(21-24-12-8-7-11-23(24)2)33(39)22-38(29-19-25(35)15-17-30(29)43-3)46(41,42)27-16-18-31(44-4)32(20-27)45-5/h7-8,11-12,15-20,26,28H,6,9-10,13-14,21-22H2,1-5H3,(H,36,40). The molecule has 1 N–H and O–H groups in total. The third-order valence-corrected chi connectivity index (χ3v) is 10.3. The molecule has 1 aliphatic rings. The molecule has 248 valence electrons. The van der Waals surface area contributed by atoms with Gasteiger partial charge in [-0.1, -0.05) is 55.6 Å². The first kappa shape index (κ1) is 34.9. The second-order valence-electron chi connectivity index (χ2n) is 11.2. The number of hydrogen-bond donors (Lipinski definition) is 1. The number of rotatable bonds is 14. The lowest BCUT2D eigenvalue weighted by Gasteiger charge is -2.34. The first-order valence-corrected chi connectivity index (χ1v) is 17.1. The number of nitrogens with one attached hydrogen (secondary N) is 1. The normalized spacial score (nSPS) is 14.0. The first-order valence-electron chi connectivity index (χ1n) is 15.3. The average molecular weight is 672 g/mol. The quantitative estimate of drug-likeness (QED) is 0.233. The lowest BCUT2D eigenvalue weighted by Crippen LogP contribution is -2.53. The number of benzene rings is 3. The molecule has 1 saturated carbocycles. The van der Waals surface area contributed by atoms with Gasteiger partial charge in [0.15, 0.2) is 11.5 Å². The number of nitrogens with zero attached hydrogens (tertiary/aromatic N) is 2. The highest BCUT2D eigenvalue weighted by molar-refractivity contribution is 7.92. The molecule has 0 saturated heterocycles. The third-order valence-electron chi connectivity index (χ3n) is 8.32. The SMILES string of the molecule is CCC(C(=O)NC1CCCC1)N(Cc1ccccc1C)C(=O)CN(c1cc(Cl)ccc1OC)S(=O)(=O)c1ccc(OC)c(OC)c1. The van der Waals surface area contributed by atoms with Crippen LogP contribution < -0.4 is 23.8 Å². The van der Waals surface area contributed by atoms with Gasteiger partial charge in [0.05, 0.1) is 31.9 Å². The number of sulfonamides is 1. The lowest BCUT2D eigenvalue weighted by molar-refractivity contribution is -0.140. The Morgan fingerprint density at radius 3 is 2.22 bits per heavy atom. The maximum Gasteiger partial charge on any atom is 0.265 e. The van der Waals surface area contributed by atoms with Gasteiger partial charge in [0.1, 0.15) is 18.3 Å². The van der Waals surface area contributed by atoms with E-state index in [-0.39, 0.29) is 45.6 Å². The maximum absolute atomic E-state index is 14.5. The second kappa shape index (κ2) is 15.6. The van der Waals surface area contributed by atoms with Gasteiger partial charge >= 0.3 is 0 Å². The molecule has 4 rings (SSSR count). The number of methoxy groups -OCH3 is 3. The highest BCUT2D eigenvalue weighted by atomic mass is 35.5. The molecule has 2 amide bonds. The summed E-state index contributed by atoms with van der Waals surface area (Å²) in [5.74, 6) is -0.0944. The highest BCUT2D eigenvalue weighted by Gasteiger charge is 2.36. The molecular formula is C34H42ClN3O7S. The van der Waals surface area contributed by atoms with E-state index >= 15 is 0 Å². The van der Waals surface area contributed by atoms with E-state index in [4.69, 9.17) is 25.8 Å². The lowest BCUT2D eigenvalue weighted by atomic mass is 10.1. The summed E-state index contributed by atoms with van der Waals surface area (Å²) in [5, 5.41) is 3.37. The van der Waals surface area contributed by atoms with E-state index in [1.165, 1.54) is 56.6 Å². The largest absolute Gasteiger partial charge is 0.495 e. The van der Waals surface area contributed by atoms with Crippen molar-refractivity contribution in [1.29, 1.82) is 0 Å². The zero-order chi connectivity index (χ0) is 33.4. The zero-order valence-electron chi connectivity index (χ0n) is 26.9. The molecule has 12 heteroatoms. The molecule has 0 aromatic heterocycles. The molecule has 1 atom stereocenters. The van der Waals surface area contributed by atoms with Gasteiger partial charge in [-0.05, 0) is 67.6 Å². The molecule has 0 bridgehead atoms. The van der Waals surface area contributed by atoms with Crippen molar-refractivity contribution < 1.29 is 32.2 Å². The Labute approximate surface area is 276 Å².